The number of rotatable bonds is 2. The van der Waals surface area contributed by atoms with Gasteiger partial charge in [-0.3, -0.25) is 9.59 Å². The molecule has 2 aromatic carbocycles. The van der Waals surface area contributed by atoms with Crippen LogP contribution in [0.2, 0.25) is 0 Å². The van der Waals surface area contributed by atoms with Crippen LogP contribution in [0.15, 0.2) is 40.9 Å². The lowest BCUT2D eigenvalue weighted by molar-refractivity contribution is 0.0535. The van der Waals surface area contributed by atoms with Crippen LogP contribution < -0.4 is 0 Å². The van der Waals surface area contributed by atoms with Crippen LogP contribution in [0.1, 0.15) is 31.8 Å². The molecule has 0 saturated carbocycles. The van der Waals surface area contributed by atoms with Gasteiger partial charge >= 0.3 is 0 Å². The van der Waals surface area contributed by atoms with Crippen molar-refractivity contribution in [3.8, 4) is 0 Å². The predicted molar refractivity (Wildman–Crippen MR) is 102 cm³/mol. The number of piperazine rings is 1. The van der Waals surface area contributed by atoms with Crippen molar-refractivity contribution in [2.45, 2.75) is 13.8 Å². The summed E-state index contributed by atoms with van der Waals surface area (Å²) >= 11 is 3.40. The third-order valence-electron chi connectivity index (χ3n) is 4.69. The molecule has 0 atom stereocenters. The number of carbonyl (C=O) groups excluding carboxylic acids is 2. The summed E-state index contributed by atoms with van der Waals surface area (Å²) < 4.78 is 14.6. The Labute approximate surface area is 160 Å². The van der Waals surface area contributed by atoms with Gasteiger partial charge in [-0.1, -0.05) is 22.0 Å². The number of carbonyl (C=O) groups is 2. The van der Waals surface area contributed by atoms with Crippen molar-refractivity contribution in [2.24, 2.45) is 0 Å². The minimum atomic E-state index is -0.379. The van der Waals surface area contributed by atoms with Crippen LogP contribution >= 0.6 is 15.9 Å². The van der Waals surface area contributed by atoms with Crippen LogP contribution in [0.5, 0.6) is 0 Å². The Morgan fingerprint density at radius 3 is 2.08 bits per heavy atom. The van der Waals surface area contributed by atoms with Gasteiger partial charge in [0.1, 0.15) is 5.82 Å². The highest BCUT2D eigenvalue weighted by atomic mass is 79.9. The molecule has 0 aromatic heterocycles. The van der Waals surface area contributed by atoms with Gasteiger partial charge in [0.2, 0.25) is 0 Å². The summed E-state index contributed by atoms with van der Waals surface area (Å²) in [5, 5.41) is 0. The van der Waals surface area contributed by atoms with E-state index in [0.29, 0.717) is 42.9 Å². The summed E-state index contributed by atoms with van der Waals surface area (Å²) in [7, 11) is 0. The van der Waals surface area contributed by atoms with E-state index in [4.69, 9.17) is 0 Å². The van der Waals surface area contributed by atoms with Crippen molar-refractivity contribution < 1.29 is 14.0 Å². The van der Waals surface area contributed by atoms with Crippen LogP contribution in [0.4, 0.5) is 4.39 Å². The fourth-order valence-electron chi connectivity index (χ4n) is 3.06. The monoisotopic (exact) mass is 418 g/mol. The van der Waals surface area contributed by atoms with Crippen molar-refractivity contribution >= 4 is 27.7 Å². The highest BCUT2D eigenvalue weighted by Gasteiger charge is 2.26. The maximum absolute atomic E-state index is 13.7. The molecule has 1 fully saturated rings. The largest absolute Gasteiger partial charge is 0.335 e. The molecule has 2 aromatic rings. The van der Waals surface area contributed by atoms with Gasteiger partial charge < -0.3 is 9.80 Å². The zero-order valence-corrected chi connectivity index (χ0v) is 16.3. The highest BCUT2D eigenvalue weighted by Crippen LogP contribution is 2.19. The van der Waals surface area contributed by atoms with Gasteiger partial charge in [0.05, 0.1) is 0 Å². The van der Waals surface area contributed by atoms with E-state index < -0.39 is 0 Å². The average Bonchev–Trinajstić information content (AvgIpc) is 2.63. The molecule has 26 heavy (non-hydrogen) atoms. The average molecular weight is 419 g/mol. The van der Waals surface area contributed by atoms with Gasteiger partial charge in [0.15, 0.2) is 0 Å². The van der Waals surface area contributed by atoms with Gasteiger partial charge in [-0.25, -0.2) is 4.39 Å². The normalized spacial score (nSPS) is 14.5. The van der Waals surface area contributed by atoms with Gasteiger partial charge in [0, 0.05) is 41.8 Å². The van der Waals surface area contributed by atoms with Crippen molar-refractivity contribution in [3.05, 3.63) is 68.9 Å². The van der Waals surface area contributed by atoms with Gasteiger partial charge in [-0.15, -0.1) is 0 Å². The molecule has 0 radical (unpaired) electrons. The van der Waals surface area contributed by atoms with Crippen LogP contribution in [-0.4, -0.2) is 47.8 Å². The van der Waals surface area contributed by atoms with E-state index in [2.05, 4.69) is 15.9 Å². The fourth-order valence-corrected chi connectivity index (χ4v) is 3.53. The molecule has 0 aliphatic carbocycles. The lowest BCUT2D eigenvalue weighted by Crippen LogP contribution is -2.50. The molecule has 0 spiro atoms. The molecule has 1 saturated heterocycles. The molecule has 1 heterocycles. The Hall–Kier alpha value is -2.21. The molecule has 6 heteroatoms. The quantitative estimate of drug-likeness (QED) is 0.743. The summed E-state index contributed by atoms with van der Waals surface area (Å²) in [6.07, 6.45) is 0. The molecule has 3 rings (SSSR count). The molecule has 0 N–H and O–H groups in total. The summed E-state index contributed by atoms with van der Waals surface area (Å²) in [6.45, 7) is 5.38. The van der Waals surface area contributed by atoms with E-state index in [1.165, 1.54) is 6.07 Å². The van der Waals surface area contributed by atoms with Crippen molar-refractivity contribution in [1.29, 1.82) is 0 Å². The van der Waals surface area contributed by atoms with Crippen molar-refractivity contribution in [3.63, 3.8) is 0 Å². The predicted octanol–water partition coefficient (Wildman–Crippen LogP) is 3.80. The van der Waals surface area contributed by atoms with E-state index in [1.807, 2.05) is 25.1 Å². The molecule has 0 unspecified atom stereocenters. The van der Waals surface area contributed by atoms with Crippen LogP contribution in [-0.2, 0) is 0 Å². The number of halogens is 2. The molecule has 1 aliphatic heterocycles. The summed E-state index contributed by atoms with van der Waals surface area (Å²) in [6, 6.07) is 10.1. The second-order valence-corrected chi connectivity index (χ2v) is 7.42. The lowest BCUT2D eigenvalue weighted by Gasteiger charge is -2.35. The van der Waals surface area contributed by atoms with Crippen molar-refractivity contribution in [2.75, 3.05) is 26.2 Å². The zero-order chi connectivity index (χ0) is 18.8. The Kier molecular flexibility index (Phi) is 5.41. The summed E-state index contributed by atoms with van der Waals surface area (Å²) in [5.41, 5.74) is 2.45. The molecule has 4 nitrogen and oxygen atoms in total. The summed E-state index contributed by atoms with van der Waals surface area (Å²) in [4.78, 5) is 28.7. The molecule has 1 aliphatic rings. The third kappa shape index (κ3) is 3.80. The first-order valence-corrected chi connectivity index (χ1v) is 9.27. The number of amides is 2. The van der Waals surface area contributed by atoms with Crippen LogP contribution in [0.25, 0.3) is 0 Å². The second kappa shape index (κ2) is 7.58. The molecule has 0 bridgehead atoms. The Bertz CT molecular complexity index is 861. The minimum Gasteiger partial charge on any atom is -0.335 e. The number of nitrogens with zero attached hydrogens (tertiary/aromatic N) is 2. The lowest BCUT2D eigenvalue weighted by atomic mass is 10.1. The fraction of sp³-hybridized carbons (Fsp3) is 0.300. The smallest absolute Gasteiger partial charge is 0.254 e. The minimum absolute atomic E-state index is 0.0246. The maximum atomic E-state index is 13.7. The standard InChI is InChI=1S/C20H20BrFN2O2/c1-13-3-4-15(12-18(13)22)19(25)23-7-9-24(10-8-23)20(26)17-6-5-16(21)11-14(17)2/h3-6,11-12H,7-10H2,1-2H3. The number of hydrogen-bond donors (Lipinski definition) is 0. The van der Waals surface area contributed by atoms with E-state index in [0.717, 1.165) is 10.0 Å². The number of benzene rings is 2. The Morgan fingerprint density at radius 2 is 1.50 bits per heavy atom. The van der Waals surface area contributed by atoms with E-state index >= 15 is 0 Å². The number of aryl methyl sites for hydroxylation is 2. The molecule has 2 amide bonds. The second-order valence-electron chi connectivity index (χ2n) is 6.51. The van der Waals surface area contributed by atoms with E-state index in [-0.39, 0.29) is 17.6 Å². The maximum Gasteiger partial charge on any atom is 0.254 e. The van der Waals surface area contributed by atoms with Gasteiger partial charge in [-0.05, 0) is 55.3 Å². The Balaban J connectivity index is 1.66. The molecular weight excluding hydrogens is 399 g/mol. The van der Waals surface area contributed by atoms with Gasteiger partial charge in [0.25, 0.3) is 11.8 Å². The Morgan fingerprint density at radius 1 is 0.885 bits per heavy atom. The van der Waals surface area contributed by atoms with E-state index in [1.54, 1.807) is 28.9 Å². The van der Waals surface area contributed by atoms with E-state index in [9.17, 15) is 14.0 Å². The van der Waals surface area contributed by atoms with Crippen LogP contribution in [0, 0.1) is 19.7 Å². The molecular formula is C20H20BrFN2O2. The number of hydrogen-bond acceptors (Lipinski definition) is 2. The van der Waals surface area contributed by atoms with Crippen LogP contribution in [0.3, 0.4) is 0 Å². The zero-order valence-electron chi connectivity index (χ0n) is 14.8. The first-order chi connectivity index (χ1) is 12.4. The molecule has 136 valence electrons. The summed E-state index contributed by atoms with van der Waals surface area (Å²) in [5.74, 6) is -0.602. The highest BCUT2D eigenvalue weighted by molar-refractivity contribution is 9.10. The van der Waals surface area contributed by atoms with Gasteiger partial charge in [-0.2, -0.15) is 0 Å². The third-order valence-corrected chi connectivity index (χ3v) is 5.18. The first-order valence-electron chi connectivity index (χ1n) is 8.47. The van der Waals surface area contributed by atoms with Crippen molar-refractivity contribution in [1.82, 2.24) is 9.80 Å². The first kappa shape index (κ1) is 18.6. The SMILES string of the molecule is Cc1ccc(C(=O)N2CCN(C(=O)c3ccc(Br)cc3C)CC2)cc1F. The topological polar surface area (TPSA) is 40.6 Å².